The van der Waals surface area contributed by atoms with E-state index in [2.05, 4.69) is 0 Å². The molecule has 0 fully saturated rings. The first kappa shape index (κ1) is 17.0. The second-order valence-electron chi connectivity index (χ2n) is 5.30. The summed E-state index contributed by atoms with van der Waals surface area (Å²) in [7, 11) is 3.35. The number of hydrogen-bond donors (Lipinski definition) is 0. The maximum absolute atomic E-state index is 12.5. The molecule has 2 rings (SSSR count). The van der Waals surface area contributed by atoms with Gasteiger partial charge >= 0.3 is 0 Å². The zero-order valence-corrected chi connectivity index (χ0v) is 13.6. The van der Waals surface area contributed by atoms with Gasteiger partial charge in [0, 0.05) is 20.7 Å². The predicted octanol–water partition coefficient (Wildman–Crippen LogP) is 3.30. The van der Waals surface area contributed by atoms with Crippen molar-refractivity contribution in [2.75, 3.05) is 27.3 Å². The van der Waals surface area contributed by atoms with Gasteiger partial charge in [0.25, 0.3) is 5.91 Å². The third-order valence-electron chi connectivity index (χ3n) is 3.59. The molecule has 4 nitrogen and oxygen atoms in total. The number of likely N-dealkylation sites (N-methyl/N-ethyl adjacent to an activating group) is 1. The number of hydrogen-bond acceptors (Lipinski definition) is 3. The van der Waals surface area contributed by atoms with Crippen LogP contribution in [0.2, 0.25) is 0 Å². The molecule has 2 aromatic carbocycles. The molecule has 0 aliphatic rings. The lowest BCUT2D eigenvalue weighted by Gasteiger charge is -2.23. The third kappa shape index (κ3) is 5.11. The fourth-order valence-corrected chi connectivity index (χ4v) is 2.33. The van der Waals surface area contributed by atoms with Crippen molar-refractivity contribution in [1.29, 1.82) is 0 Å². The Hall–Kier alpha value is -2.33. The molecule has 0 aliphatic carbocycles. The molecule has 0 heterocycles. The highest BCUT2D eigenvalue weighted by Crippen LogP contribution is 2.18. The minimum Gasteiger partial charge on any atom is -0.494 e. The Kier molecular flexibility index (Phi) is 6.63. The monoisotopic (exact) mass is 313 g/mol. The molecule has 0 radical (unpaired) electrons. The van der Waals surface area contributed by atoms with Crippen LogP contribution in [-0.4, -0.2) is 38.1 Å². The number of benzene rings is 2. The van der Waals surface area contributed by atoms with E-state index < -0.39 is 6.10 Å². The lowest BCUT2D eigenvalue weighted by Crippen LogP contribution is -2.34. The first-order valence-electron chi connectivity index (χ1n) is 7.73. The number of ether oxygens (including phenoxy) is 2. The van der Waals surface area contributed by atoms with Gasteiger partial charge in [-0.15, -0.1) is 0 Å². The van der Waals surface area contributed by atoms with Crippen molar-refractivity contribution >= 4 is 5.91 Å². The molecule has 122 valence electrons. The minimum absolute atomic E-state index is 0.0431. The van der Waals surface area contributed by atoms with Gasteiger partial charge in [0.05, 0.1) is 6.61 Å². The largest absolute Gasteiger partial charge is 0.494 e. The quantitative estimate of drug-likeness (QED) is 0.702. The van der Waals surface area contributed by atoms with E-state index in [-0.39, 0.29) is 5.91 Å². The highest BCUT2D eigenvalue weighted by Gasteiger charge is 2.23. The fourth-order valence-electron chi connectivity index (χ4n) is 2.33. The number of carbonyl (C=O) groups is 1. The minimum atomic E-state index is -0.559. The van der Waals surface area contributed by atoms with Gasteiger partial charge in [-0.1, -0.05) is 48.5 Å². The summed E-state index contributed by atoms with van der Waals surface area (Å²) >= 11 is 0. The van der Waals surface area contributed by atoms with Crippen LogP contribution in [0.1, 0.15) is 18.1 Å². The summed E-state index contributed by atoms with van der Waals surface area (Å²) in [5.41, 5.74) is 0.868. The van der Waals surface area contributed by atoms with Gasteiger partial charge in [0.15, 0.2) is 6.10 Å². The van der Waals surface area contributed by atoms with Crippen LogP contribution in [0.25, 0.3) is 0 Å². The maximum Gasteiger partial charge on any atom is 0.256 e. The van der Waals surface area contributed by atoms with E-state index in [0.717, 1.165) is 17.7 Å². The third-order valence-corrected chi connectivity index (χ3v) is 3.59. The van der Waals surface area contributed by atoms with Crippen molar-refractivity contribution in [2.24, 2.45) is 0 Å². The van der Waals surface area contributed by atoms with Crippen molar-refractivity contribution in [2.45, 2.75) is 12.5 Å². The second-order valence-corrected chi connectivity index (χ2v) is 5.30. The van der Waals surface area contributed by atoms with Crippen molar-refractivity contribution in [3.05, 3.63) is 66.2 Å². The smallest absolute Gasteiger partial charge is 0.256 e. The summed E-state index contributed by atoms with van der Waals surface area (Å²) in [6, 6.07) is 19.2. The maximum atomic E-state index is 12.5. The van der Waals surface area contributed by atoms with Gasteiger partial charge in [-0.2, -0.15) is 0 Å². The molecule has 1 unspecified atom stereocenters. The number of nitrogens with zero attached hydrogens (tertiary/aromatic N) is 1. The van der Waals surface area contributed by atoms with E-state index in [9.17, 15) is 4.79 Å². The van der Waals surface area contributed by atoms with Gasteiger partial charge in [-0.05, 0) is 24.1 Å². The summed E-state index contributed by atoms with van der Waals surface area (Å²) < 4.78 is 11.0. The van der Waals surface area contributed by atoms with Crippen molar-refractivity contribution < 1.29 is 14.3 Å². The van der Waals surface area contributed by atoms with Crippen molar-refractivity contribution in [3.8, 4) is 5.75 Å². The summed E-state index contributed by atoms with van der Waals surface area (Å²) in [6.07, 6.45) is 0.207. The highest BCUT2D eigenvalue weighted by molar-refractivity contribution is 5.82. The SMILES string of the molecule is COC(C(=O)N(C)CCCOc1ccccc1)c1ccccc1. The standard InChI is InChI=1S/C19H23NO3/c1-20(14-9-15-23-17-12-7-4-8-13-17)19(21)18(22-2)16-10-5-3-6-11-16/h3-8,10-13,18H,9,14-15H2,1-2H3. The van der Waals surface area contributed by atoms with Crippen LogP contribution in [0.4, 0.5) is 0 Å². The molecule has 0 spiro atoms. The molecule has 1 amide bonds. The van der Waals surface area contributed by atoms with Crippen LogP contribution in [0.15, 0.2) is 60.7 Å². The second kappa shape index (κ2) is 8.96. The Balaban J connectivity index is 1.80. The zero-order chi connectivity index (χ0) is 16.5. The van der Waals surface area contributed by atoms with Crippen LogP contribution in [0.3, 0.4) is 0 Å². The van der Waals surface area contributed by atoms with E-state index >= 15 is 0 Å². The molecule has 2 aromatic rings. The Morgan fingerprint density at radius 2 is 1.65 bits per heavy atom. The molecule has 1 atom stereocenters. The van der Waals surface area contributed by atoms with E-state index in [1.165, 1.54) is 0 Å². The highest BCUT2D eigenvalue weighted by atomic mass is 16.5. The van der Waals surface area contributed by atoms with E-state index in [1.807, 2.05) is 60.7 Å². The van der Waals surface area contributed by atoms with E-state index in [0.29, 0.717) is 13.2 Å². The molecular weight excluding hydrogens is 290 g/mol. The lowest BCUT2D eigenvalue weighted by molar-refractivity contribution is -0.141. The summed E-state index contributed by atoms with van der Waals surface area (Å²) in [5, 5.41) is 0. The Morgan fingerprint density at radius 1 is 1.04 bits per heavy atom. The van der Waals surface area contributed by atoms with Gasteiger partial charge in [0.2, 0.25) is 0 Å². The Morgan fingerprint density at radius 3 is 2.26 bits per heavy atom. The molecular formula is C19H23NO3. The van der Waals surface area contributed by atoms with Gasteiger partial charge in [-0.3, -0.25) is 4.79 Å². The van der Waals surface area contributed by atoms with Crippen LogP contribution >= 0.6 is 0 Å². The first-order chi connectivity index (χ1) is 11.2. The molecule has 0 saturated heterocycles. The Labute approximate surface area is 137 Å². The molecule has 4 heteroatoms. The number of amides is 1. The van der Waals surface area contributed by atoms with Crippen LogP contribution in [0.5, 0.6) is 5.75 Å². The zero-order valence-electron chi connectivity index (χ0n) is 13.6. The van der Waals surface area contributed by atoms with Gasteiger partial charge < -0.3 is 14.4 Å². The first-order valence-corrected chi connectivity index (χ1v) is 7.73. The number of para-hydroxylation sites is 1. The van der Waals surface area contributed by atoms with E-state index in [4.69, 9.17) is 9.47 Å². The molecule has 0 aromatic heterocycles. The van der Waals surface area contributed by atoms with Crippen LogP contribution in [0, 0.1) is 0 Å². The normalized spacial score (nSPS) is 11.7. The molecule has 0 aliphatic heterocycles. The average Bonchev–Trinajstić information content (AvgIpc) is 2.61. The average molecular weight is 313 g/mol. The van der Waals surface area contributed by atoms with Crippen molar-refractivity contribution in [1.82, 2.24) is 4.90 Å². The van der Waals surface area contributed by atoms with E-state index in [1.54, 1.807) is 19.1 Å². The number of carbonyl (C=O) groups excluding carboxylic acids is 1. The van der Waals surface area contributed by atoms with Gasteiger partial charge in [-0.25, -0.2) is 0 Å². The van der Waals surface area contributed by atoms with Gasteiger partial charge in [0.1, 0.15) is 5.75 Å². The summed E-state index contributed by atoms with van der Waals surface area (Å²) in [4.78, 5) is 14.2. The predicted molar refractivity (Wildman–Crippen MR) is 90.4 cm³/mol. The molecule has 0 bridgehead atoms. The number of rotatable bonds is 8. The van der Waals surface area contributed by atoms with Crippen molar-refractivity contribution in [3.63, 3.8) is 0 Å². The fraction of sp³-hybridized carbons (Fsp3) is 0.316. The number of methoxy groups -OCH3 is 1. The molecule has 23 heavy (non-hydrogen) atoms. The Bertz CT molecular complexity index is 586. The summed E-state index contributed by atoms with van der Waals surface area (Å²) in [5.74, 6) is 0.805. The lowest BCUT2D eigenvalue weighted by atomic mass is 10.1. The van der Waals surface area contributed by atoms with Crippen LogP contribution < -0.4 is 4.74 Å². The van der Waals surface area contributed by atoms with Crippen LogP contribution in [-0.2, 0) is 9.53 Å². The topological polar surface area (TPSA) is 38.8 Å². The molecule has 0 N–H and O–H groups in total. The molecule has 0 saturated carbocycles. The summed E-state index contributed by atoms with van der Waals surface area (Å²) in [6.45, 7) is 1.20.